The first-order valence-corrected chi connectivity index (χ1v) is 8.91. The standard InChI is InChI=1S/C19H23N5O3/c1-12(25)21-15-8-14(9-16(10-15)22-13(2)26)19(27)23-17-4-3-5-18(17)24-7-6-20-11-24/h6-11,17-18H,3-5H2,1-2H3,(H,21,25)(H,22,26)(H,23,27). The molecule has 1 heterocycles. The first-order chi connectivity index (χ1) is 12.9. The van der Waals surface area contributed by atoms with Gasteiger partial charge in [-0.25, -0.2) is 4.98 Å². The minimum atomic E-state index is -0.253. The monoisotopic (exact) mass is 369 g/mol. The van der Waals surface area contributed by atoms with Crippen molar-refractivity contribution >= 4 is 29.1 Å². The van der Waals surface area contributed by atoms with E-state index in [1.165, 1.54) is 13.8 Å². The molecule has 2 atom stereocenters. The van der Waals surface area contributed by atoms with Crippen molar-refractivity contribution in [1.29, 1.82) is 0 Å². The van der Waals surface area contributed by atoms with Crippen LogP contribution in [0.5, 0.6) is 0 Å². The molecule has 0 radical (unpaired) electrons. The van der Waals surface area contributed by atoms with Crippen molar-refractivity contribution in [2.45, 2.75) is 45.2 Å². The largest absolute Gasteiger partial charge is 0.347 e. The van der Waals surface area contributed by atoms with E-state index in [1.807, 2.05) is 10.8 Å². The molecule has 2 aromatic rings. The van der Waals surface area contributed by atoms with Crippen molar-refractivity contribution in [3.8, 4) is 0 Å². The van der Waals surface area contributed by atoms with E-state index in [4.69, 9.17) is 0 Å². The van der Waals surface area contributed by atoms with Gasteiger partial charge < -0.3 is 20.5 Å². The van der Waals surface area contributed by atoms with Crippen LogP contribution >= 0.6 is 0 Å². The molecule has 8 heteroatoms. The second-order valence-corrected chi connectivity index (χ2v) is 6.75. The van der Waals surface area contributed by atoms with Crippen molar-refractivity contribution < 1.29 is 14.4 Å². The average molecular weight is 369 g/mol. The molecule has 142 valence electrons. The summed E-state index contributed by atoms with van der Waals surface area (Å²) in [6.07, 6.45) is 8.29. The molecule has 27 heavy (non-hydrogen) atoms. The highest BCUT2D eigenvalue weighted by atomic mass is 16.2. The third kappa shape index (κ3) is 4.72. The van der Waals surface area contributed by atoms with E-state index in [2.05, 4.69) is 20.9 Å². The molecule has 1 aromatic heterocycles. The Morgan fingerprint density at radius 1 is 1.04 bits per heavy atom. The lowest BCUT2D eigenvalue weighted by Crippen LogP contribution is -2.38. The van der Waals surface area contributed by atoms with E-state index in [0.29, 0.717) is 16.9 Å². The minimum absolute atomic E-state index is 0.000314. The number of nitrogens with one attached hydrogen (secondary N) is 3. The van der Waals surface area contributed by atoms with Gasteiger partial charge in [0.25, 0.3) is 5.91 Å². The van der Waals surface area contributed by atoms with Crippen molar-refractivity contribution in [2.24, 2.45) is 0 Å². The fourth-order valence-corrected chi connectivity index (χ4v) is 3.49. The van der Waals surface area contributed by atoms with Crippen LogP contribution in [-0.4, -0.2) is 33.3 Å². The zero-order chi connectivity index (χ0) is 19.4. The SMILES string of the molecule is CC(=O)Nc1cc(NC(C)=O)cc(C(=O)NC2CCCC2n2ccnc2)c1. The molecule has 3 N–H and O–H groups in total. The predicted molar refractivity (Wildman–Crippen MR) is 101 cm³/mol. The number of rotatable bonds is 5. The molecule has 1 fully saturated rings. The summed E-state index contributed by atoms with van der Waals surface area (Å²) in [5, 5.41) is 8.39. The first kappa shape index (κ1) is 18.6. The summed E-state index contributed by atoms with van der Waals surface area (Å²) in [6.45, 7) is 2.78. The predicted octanol–water partition coefficient (Wildman–Crippen LogP) is 2.32. The Hall–Kier alpha value is -3.16. The number of imidazole rings is 1. The van der Waals surface area contributed by atoms with Gasteiger partial charge in [-0.15, -0.1) is 0 Å². The summed E-state index contributed by atoms with van der Waals surface area (Å²) in [7, 11) is 0. The van der Waals surface area contributed by atoms with Gasteiger partial charge in [-0.05, 0) is 37.5 Å². The second-order valence-electron chi connectivity index (χ2n) is 6.75. The summed E-state index contributed by atoms with van der Waals surface area (Å²) in [6, 6.07) is 4.99. The van der Waals surface area contributed by atoms with Gasteiger partial charge in [0.1, 0.15) is 0 Å². The highest BCUT2D eigenvalue weighted by Gasteiger charge is 2.30. The summed E-state index contributed by atoms with van der Waals surface area (Å²) in [4.78, 5) is 39.7. The number of benzene rings is 1. The third-order valence-corrected chi connectivity index (χ3v) is 4.54. The van der Waals surface area contributed by atoms with E-state index >= 15 is 0 Å². The molecule has 1 aromatic carbocycles. The lowest BCUT2D eigenvalue weighted by atomic mass is 10.1. The van der Waals surface area contributed by atoms with E-state index in [9.17, 15) is 14.4 Å². The highest BCUT2D eigenvalue weighted by Crippen LogP contribution is 2.30. The molecule has 1 aliphatic rings. The van der Waals surface area contributed by atoms with Crippen LogP contribution in [0.4, 0.5) is 11.4 Å². The smallest absolute Gasteiger partial charge is 0.251 e. The van der Waals surface area contributed by atoms with Crippen molar-refractivity contribution in [3.05, 3.63) is 42.5 Å². The van der Waals surface area contributed by atoms with Gasteiger partial charge in [0.2, 0.25) is 11.8 Å². The van der Waals surface area contributed by atoms with Gasteiger partial charge in [-0.3, -0.25) is 14.4 Å². The van der Waals surface area contributed by atoms with Crippen LogP contribution in [0, 0.1) is 0 Å². The summed E-state index contributed by atoms with van der Waals surface area (Å²) >= 11 is 0. The average Bonchev–Trinajstić information content (AvgIpc) is 3.24. The Kier molecular flexibility index (Phi) is 5.54. The van der Waals surface area contributed by atoms with Gasteiger partial charge in [-0.2, -0.15) is 0 Å². The van der Waals surface area contributed by atoms with Crippen LogP contribution in [-0.2, 0) is 9.59 Å². The Morgan fingerprint density at radius 3 is 2.26 bits per heavy atom. The normalized spacial score (nSPS) is 18.7. The van der Waals surface area contributed by atoms with E-state index in [-0.39, 0.29) is 29.8 Å². The molecule has 8 nitrogen and oxygen atoms in total. The van der Waals surface area contributed by atoms with Crippen LogP contribution in [0.15, 0.2) is 36.9 Å². The molecule has 0 aliphatic heterocycles. The zero-order valence-corrected chi connectivity index (χ0v) is 15.4. The fraction of sp³-hybridized carbons (Fsp3) is 0.368. The lowest BCUT2D eigenvalue weighted by molar-refractivity contribution is -0.115. The molecule has 0 saturated heterocycles. The Labute approximate surface area is 157 Å². The summed E-state index contributed by atoms with van der Waals surface area (Å²) in [5.74, 6) is -0.750. The quantitative estimate of drug-likeness (QED) is 0.752. The molecule has 3 rings (SSSR count). The van der Waals surface area contributed by atoms with Gasteiger partial charge >= 0.3 is 0 Å². The number of aromatic nitrogens is 2. The van der Waals surface area contributed by atoms with Gasteiger partial charge in [-0.1, -0.05) is 0 Å². The van der Waals surface area contributed by atoms with Gasteiger partial charge in [0.05, 0.1) is 12.4 Å². The van der Waals surface area contributed by atoms with Crippen LogP contribution in [0.2, 0.25) is 0 Å². The number of anilines is 2. The molecule has 0 spiro atoms. The van der Waals surface area contributed by atoms with Crippen LogP contribution in [0.25, 0.3) is 0 Å². The molecule has 0 bridgehead atoms. The van der Waals surface area contributed by atoms with Crippen LogP contribution < -0.4 is 16.0 Å². The number of amides is 3. The topological polar surface area (TPSA) is 105 Å². The van der Waals surface area contributed by atoms with Crippen molar-refractivity contribution in [3.63, 3.8) is 0 Å². The fourth-order valence-electron chi connectivity index (χ4n) is 3.49. The number of hydrogen-bond donors (Lipinski definition) is 3. The second kappa shape index (κ2) is 8.03. The highest BCUT2D eigenvalue weighted by molar-refractivity contribution is 6.00. The molecule has 2 unspecified atom stereocenters. The maximum absolute atomic E-state index is 12.8. The molecule has 1 aliphatic carbocycles. The van der Waals surface area contributed by atoms with Crippen molar-refractivity contribution in [2.75, 3.05) is 10.6 Å². The van der Waals surface area contributed by atoms with Gasteiger partial charge in [0.15, 0.2) is 0 Å². The molecular weight excluding hydrogens is 346 g/mol. The van der Waals surface area contributed by atoms with Crippen molar-refractivity contribution in [1.82, 2.24) is 14.9 Å². The summed E-state index contributed by atoms with van der Waals surface area (Å²) < 4.78 is 2.02. The number of nitrogens with zero attached hydrogens (tertiary/aromatic N) is 2. The molecule has 3 amide bonds. The minimum Gasteiger partial charge on any atom is -0.347 e. The Balaban J connectivity index is 1.80. The first-order valence-electron chi connectivity index (χ1n) is 8.91. The lowest BCUT2D eigenvalue weighted by Gasteiger charge is -2.22. The van der Waals surface area contributed by atoms with Crippen LogP contribution in [0.3, 0.4) is 0 Å². The number of hydrogen-bond acceptors (Lipinski definition) is 4. The summed E-state index contributed by atoms with van der Waals surface area (Å²) in [5.41, 5.74) is 1.29. The molecule has 1 saturated carbocycles. The van der Waals surface area contributed by atoms with Gasteiger partial charge in [0, 0.05) is 49.2 Å². The number of carbonyl (C=O) groups is 3. The van der Waals surface area contributed by atoms with E-state index in [1.54, 1.807) is 30.7 Å². The maximum atomic E-state index is 12.8. The van der Waals surface area contributed by atoms with Crippen LogP contribution in [0.1, 0.15) is 49.5 Å². The Bertz CT molecular complexity index is 813. The molecular formula is C19H23N5O3. The van der Waals surface area contributed by atoms with E-state index in [0.717, 1.165) is 19.3 Å². The van der Waals surface area contributed by atoms with E-state index < -0.39 is 0 Å². The maximum Gasteiger partial charge on any atom is 0.251 e. The third-order valence-electron chi connectivity index (χ3n) is 4.54. The number of carbonyl (C=O) groups excluding carboxylic acids is 3. The Morgan fingerprint density at radius 2 is 1.70 bits per heavy atom. The zero-order valence-electron chi connectivity index (χ0n) is 15.4.